The molecular formula is C21H25N3O2. The minimum absolute atomic E-state index is 0.0137. The van der Waals surface area contributed by atoms with Crippen molar-refractivity contribution in [2.75, 3.05) is 37.8 Å². The van der Waals surface area contributed by atoms with E-state index in [0.29, 0.717) is 6.61 Å². The highest BCUT2D eigenvalue weighted by Crippen LogP contribution is 2.48. The summed E-state index contributed by atoms with van der Waals surface area (Å²) in [6.45, 7) is 5.95. The summed E-state index contributed by atoms with van der Waals surface area (Å²) in [7, 11) is 0. The van der Waals surface area contributed by atoms with Crippen LogP contribution < -0.4 is 10.4 Å². The molecule has 1 amide bonds. The fourth-order valence-electron chi connectivity index (χ4n) is 4.09. The molecule has 0 spiro atoms. The number of carbonyl (C=O) groups is 1. The van der Waals surface area contributed by atoms with Gasteiger partial charge in [-0.05, 0) is 18.1 Å². The number of hydrogen-bond acceptors (Lipinski definition) is 4. The third kappa shape index (κ3) is 2.55. The third-order valence-electron chi connectivity index (χ3n) is 5.21. The lowest BCUT2D eigenvalue weighted by Crippen LogP contribution is -2.59. The third-order valence-corrected chi connectivity index (χ3v) is 5.21. The average Bonchev–Trinajstić information content (AvgIpc) is 2.96. The van der Waals surface area contributed by atoms with Crippen molar-refractivity contribution in [3.8, 4) is 0 Å². The number of benzene rings is 2. The lowest BCUT2D eigenvalue weighted by molar-refractivity contribution is -0.135. The van der Waals surface area contributed by atoms with Gasteiger partial charge in [0.05, 0.1) is 12.3 Å². The summed E-state index contributed by atoms with van der Waals surface area (Å²) < 4.78 is 0. The molecule has 0 saturated carbocycles. The maximum absolute atomic E-state index is 13.8. The van der Waals surface area contributed by atoms with Gasteiger partial charge >= 0.3 is 0 Å². The van der Waals surface area contributed by atoms with Crippen LogP contribution in [0.1, 0.15) is 24.5 Å². The van der Waals surface area contributed by atoms with E-state index < -0.39 is 5.54 Å². The number of nitrogens with one attached hydrogen (secondary N) is 1. The summed E-state index contributed by atoms with van der Waals surface area (Å²) in [4.78, 5) is 22.0. The molecular weight excluding hydrogens is 326 g/mol. The van der Waals surface area contributed by atoms with Gasteiger partial charge in [-0.2, -0.15) is 5.06 Å². The van der Waals surface area contributed by atoms with Crippen molar-refractivity contribution in [1.82, 2.24) is 10.2 Å². The Balaban J connectivity index is 1.91. The lowest BCUT2D eigenvalue weighted by atomic mass is 9.81. The molecule has 1 unspecified atom stereocenters. The minimum Gasteiger partial charge on any atom is -0.314 e. The first-order chi connectivity index (χ1) is 12.8. The number of rotatable bonds is 5. The van der Waals surface area contributed by atoms with Gasteiger partial charge in [0.2, 0.25) is 0 Å². The van der Waals surface area contributed by atoms with Crippen molar-refractivity contribution in [3.63, 3.8) is 0 Å². The average molecular weight is 351 g/mol. The Kier molecular flexibility index (Phi) is 4.76. The molecule has 2 aromatic rings. The second-order valence-electron chi connectivity index (χ2n) is 6.76. The smallest absolute Gasteiger partial charge is 0.280 e. The van der Waals surface area contributed by atoms with Crippen LogP contribution in [0, 0.1) is 0 Å². The summed E-state index contributed by atoms with van der Waals surface area (Å²) >= 11 is 0. The second kappa shape index (κ2) is 7.19. The van der Waals surface area contributed by atoms with Crippen LogP contribution in [0.25, 0.3) is 0 Å². The monoisotopic (exact) mass is 351 g/mol. The van der Waals surface area contributed by atoms with Gasteiger partial charge in [-0.25, -0.2) is 0 Å². The normalized spacial score (nSPS) is 23.3. The van der Waals surface area contributed by atoms with Crippen molar-refractivity contribution < 1.29 is 9.63 Å². The van der Waals surface area contributed by atoms with Crippen molar-refractivity contribution in [3.05, 3.63) is 65.7 Å². The number of para-hydroxylation sites is 1. The number of nitrogens with zero attached hydrogens (tertiary/aromatic N) is 2. The number of hydroxylamine groups is 1. The topological polar surface area (TPSA) is 44.8 Å². The Morgan fingerprint density at radius 2 is 1.73 bits per heavy atom. The first-order valence-electron chi connectivity index (χ1n) is 9.38. The molecule has 0 bridgehead atoms. The maximum Gasteiger partial charge on any atom is 0.280 e. The number of anilines is 1. The Labute approximate surface area is 154 Å². The number of hydrogen-bond donors (Lipinski definition) is 1. The van der Waals surface area contributed by atoms with E-state index in [1.807, 2.05) is 43.3 Å². The molecule has 1 atom stereocenters. The fourth-order valence-corrected chi connectivity index (χ4v) is 4.09. The molecule has 5 heteroatoms. The zero-order chi connectivity index (χ0) is 18.0. The molecule has 4 rings (SSSR count). The van der Waals surface area contributed by atoms with Crippen LogP contribution >= 0.6 is 0 Å². The van der Waals surface area contributed by atoms with Crippen LogP contribution in [0.5, 0.6) is 0 Å². The second-order valence-corrected chi connectivity index (χ2v) is 6.76. The Morgan fingerprint density at radius 1 is 1.04 bits per heavy atom. The van der Waals surface area contributed by atoms with E-state index in [0.717, 1.165) is 49.4 Å². The van der Waals surface area contributed by atoms with Crippen LogP contribution in [0.2, 0.25) is 0 Å². The number of carbonyl (C=O) groups excluding carboxylic acids is 1. The summed E-state index contributed by atoms with van der Waals surface area (Å²) in [5.41, 5.74) is 2.04. The molecule has 1 fully saturated rings. The molecule has 5 nitrogen and oxygen atoms in total. The van der Waals surface area contributed by atoms with E-state index in [-0.39, 0.29) is 5.91 Å². The summed E-state index contributed by atoms with van der Waals surface area (Å²) in [6.07, 6.45) is 0.859. The van der Waals surface area contributed by atoms with Gasteiger partial charge in [0.25, 0.3) is 5.91 Å². The number of amides is 1. The van der Waals surface area contributed by atoms with Gasteiger partial charge in [0.1, 0.15) is 0 Å². The number of piperazine rings is 1. The minimum atomic E-state index is -0.826. The maximum atomic E-state index is 13.8. The van der Waals surface area contributed by atoms with Crippen molar-refractivity contribution >= 4 is 11.6 Å². The predicted octanol–water partition coefficient (Wildman–Crippen LogP) is 2.52. The molecule has 0 aromatic heterocycles. The molecule has 1 N–H and O–H groups in total. The number of fused-ring (bicyclic) bond motifs is 1. The Bertz CT molecular complexity index is 774. The first-order valence-corrected chi connectivity index (χ1v) is 9.38. The lowest BCUT2D eigenvalue weighted by Gasteiger charge is -2.42. The van der Waals surface area contributed by atoms with Crippen LogP contribution in [0.15, 0.2) is 54.6 Å². The molecule has 2 aliphatic heterocycles. The van der Waals surface area contributed by atoms with E-state index in [1.54, 1.807) is 0 Å². The van der Waals surface area contributed by atoms with E-state index >= 15 is 0 Å². The SMILES string of the molecule is CCCON1C(=O)C(c2ccccc2)(N2CCNCC2)c2ccccc21. The molecule has 1 saturated heterocycles. The van der Waals surface area contributed by atoms with Crippen molar-refractivity contribution in [2.45, 2.75) is 18.9 Å². The Hall–Kier alpha value is -2.21. The van der Waals surface area contributed by atoms with Gasteiger partial charge in [-0.1, -0.05) is 55.5 Å². The van der Waals surface area contributed by atoms with E-state index in [4.69, 9.17) is 4.84 Å². The fraction of sp³-hybridized carbons (Fsp3) is 0.381. The molecule has 26 heavy (non-hydrogen) atoms. The van der Waals surface area contributed by atoms with Crippen LogP contribution in [-0.2, 0) is 15.2 Å². The van der Waals surface area contributed by atoms with Gasteiger partial charge in [-0.15, -0.1) is 0 Å². The zero-order valence-corrected chi connectivity index (χ0v) is 15.1. The zero-order valence-electron chi connectivity index (χ0n) is 15.1. The molecule has 136 valence electrons. The van der Waals surface area contributed by atoms with Gasteiger partial charge in [0.15, 0.2) is 5.54 Å². The van der Waals surface area contributed by atoms with Crippen molar-refractivity contribution in [1.29, 1.82) is 0 Å². The highest BCUT2D eigenvalue weighted by molar-refractivity contribution is 6.08. The molecule has 2 aromatic carbocycles. The highest BCUT2D eigenvalue weighted by atomic mass is 16.7. The van der Waals surface area contributed by atoms with E-state index in [9.17, 15) is 4.79 Å². The van der Waals surface area contributed by atoms with Gasteiger partial charge < -0.3 is 5.32 Å². The summed E-state index contributed by atoms with van der Waals surface area (Å²) in [6, 6.07) is 18.1. The molecule has 0 aliphatic carbocycles. The Morgan fingerprint density at radius 3 is 2.46 bits per heavy atom. The molecule has 2 aliphatic rings. The van der Waals surface area contributed by atoms with Gasteiger partial charge in [-0.3, -0.25) is 14.5 Å². The highest BCUT2D eigenvalue weighted by Gasteiger charge is 2.56. The molecule has 0 radical (unpaired) electrons. The largest absolute Gasteiger partial charge is 0.314 e. The van der Waals surface area contributed by atoms with Gasteiger partial charge in [0, 0.05) is 31.7 Å². The van der Waals surface area contributed by atoms with E-state index in [2.05, 4.69) is 28.4 Å². The standard InChI is InChI=1S/C21H25N3O2/c1-2-16-26-24-19-11-7-6-10-18(19)21(20(24)25,17-8-4-3-5-9-17)23-14-12-22-13-15-23/h3-11,22H,2,12-16H2,1H3. The van der Waals surface area contributed by atoms with Crippen LogP contribution in [-0.4, -0.2) is 43.6 Å². The quantitative estimate of drug-likeness (QED) is 0.899. The summed E-state index contributed by atoms with van der Waals surface area (Å²) in [5, 5.41) is 4.92. The molecule has 2 heterocycles. The summed E-state index contributed by atoms with van der Waals surface area (Å²) in [5.74, 6) is -0.0137. The predicted molar refractivity (Wildman–Crippen MR) is 102 cm³/mol. The van der Waals surface area contributed by atoms with Crippen molar-refractivity contribution in [2.24, 2.45) is 0 Å². The van der Waals surface area contributed by atoms with Crippen LogP contribution in [0.4, 0.5) is 5.69 Å². The van der Waals surface area contributed by atoms with Crippen LogP contribution in [0.3, 0.4) is 0 Å². The van der Waals surface area contributed by atoms with E-state index in [1.165, 1.54) is 5.06 Å². The first kappa shape index (κ1) is 17.2.